The zero-order valence-electron chi connectivity index (χ0n) is 13.7. The van der Waals surface area contributed by atoms with E-state index in [2.05, 4.69) is 0 Å². The number of rotatable bonds is 14. The molecule has 0 rings (SSSR count). The normalized spacial score (nSPS) is 10.2. The molecule has 0 saturated heterocycles. The van der Waals surface area contributed by atoms with Crippen LogP contribution >= 0.6 is 0 Å². The first-order valence-corrected chi connectivity index (χ1v) is 7.53. The van der Waals surface area contributed by atoms with Crippen molar-refractivity contribution in [2.24, 2.45) is 0 Å². The fourth-order valence-corrected chi connectivity index (χ4v) is 1.21. The molecule has 0 unspecified atom stereocenters. The predicted octanol–water partition coefficient (Wildman–Crippen LogP) is 1.38. The lowest BCUT2D eigenvalue weighted by Crippen LogP contribution is -2.17. The molecule has 0 bridgehead atoms. The third-order valence-corrected chi connectivity index (χ3v) is 2.20. The van der Waals surface area contributed by atoms with E-state index in [4.69, 9.17) is 33.2 Å². The first-order chi connectivity index (χ1) is 11.2. The van der Waals surface area contributed by atoms with Gasteiger partial charge in [-0.2, -0.15) is 0 Å². The Kier molecular flexibility index (Phi) is 15.6. The largest absolute Gasteiger partial charge is 0.508 e. The van der Waals surface area contributed by atoms with E-state index >= 15 is 0 Å². The van der Waals surface area contributed by atoms with Crippen molar-refractivity contribution in [3.63, 3.8) is 0 Å². The highest BCUT2D eigenvalue weighted by molar-refractivity contribution is 5.60. The van der Waals surface area contributed by atoms with Gasteiger partial charge in [0.2, 0.25) is 0 Å². The van der Waals surface area contributed by atoms with Gasteiger partial charge in [-0.3, -0.25) is 0 Å². The zero-order valence-corrected chi connectivity index (χ0v) is 13.7. The molecule has 0 heterocycles. The van der Waals surface area contributed by atoms with Gasteiger partial charge in [0, 0.05) is 13.2 Å². The van der Waals surface area contributed by atoms with Crippen LogP contribution in [0.15, 0.2) is 0 Å². The van der Waals surface area contributed by atoms with Gasteiger partial charge >= 0.3 is 12.3 Å². The zero-order chi connectivity index (χ0) is 17.2. The van der Waals surface area contributed by atoms with Crippen LogP contribution in [0.2, 0.25) is 0 Å². The van der Waals surface area contributed by atoms with Crippen LogP contribution in [0.25, 0.3) is 0 Å². The lowest BCUT2D eigenvalue weighted by atomic mass is 10.7. The highest BCUT2D eigenvalue weighted by Gasteiger charge is 2.04. The number of carbonyl (C=O) groups excluding carboxylic acids is 2. The van der Waals surface area contributed by atoms with Gasteiger partial charge in [-0.15, -0.1) is 0 Å². The van der Waals surface area contributed by atoms with E-state index in [9.17, 15) is 9.59 Å². The van der Waals surface area contributed by atoms with E-state index in [0.717, 1.165) is 0 Å². The van der Waals surface area contributed by atoms with E-state index in [1.165, 1.54) is 0 Å². The average Bonchev–Trinajstić information content (AvgIpc) is 2.54. The molecule has 0 aliphatic rings. The van der Waals surface area contributed by atoms with Crippen LogP contribution in [0.3, 0.4) is 0 Å². The average molecular weight is 338 g/mol. The number of carbonyl (C=O) groups is 2. The van der Waals surface area contributed by atoms with E-state index in [1.807, 2.05) is 13.8 Å². The third-order valence-electron chi connectivity index (χ3n) is 2.20. The van der Waals surface area contributed by atoms with Crippen molar-refractivity contribution in [2.45, 2.75) is 13.8 Å². The Morgan fingerprint density at radius 1 is 0.522 bits per heavy atom. The van der Waals surface area contributed by atoms with Gasteiger partial charge in [0.1, 0.15) is 26.4 Å². The summed E-state index contributed by atoms with van der Waals surface area (Å²) in [6, 6.07) is 0. The van der Waals surface area contributed by atoms with Gasteiger partial charge in [-0.1, -0.05) is 0 Å². The summed E-state index contributed by atoms with van der Waals surface area (Å²) in [5.74, 6) is 0. The molecule has 0 aromatic heterocycles. The van der Waals surface area contributed by atoms with Crippen molar-refractivity contribution in [3.8, 4) is 0 Å². The summed E-state index contributed by atoms with van der Waals surface area (Å²) in [5, 5.41) is 0. The van der Waals surface area contributed by atoms with Crippen LogP contribution in [0, 0.1) is 0 Å². The van der Waals surface area contributed by atoms with Crippen molar-refractivity contribution in [2.75, 3.05) is 66.1 Å². The quantitative estimate of drug-likeness (QED) is 0.343. The maximum absolute atomic E-state index is 11.1. The molecule has 0 N–H and O–H groups in total. The summed E-state index contributed by atoms with van der Waals surface area (Å²) in [6.45, 7) is 6.22. The molecular formula is C14H26O9. The molecule has 0 aliphatic carbocycles. The van der Waals surface area contributed by atoms with E-state index in [0.29, 0.717) is 26.4 Å². The highest BCUT2D eigenvalue weighted by Crippen LogP contribution is 1.89. The van der Waals surface area contributed by atoms with E-state index in [-0.39, 0.29) is 39.6 Å². The Morgan fingerprint density at radius 3 is 1.13 bits per heavy atom. The van der Waals surface area contributed by atoms with Crippen LogP contribution < -0.4 is 0 Å². The van der Waals surface area contributed by atoms with E-state index < -0.39 is 12.3 Å². The SMILES string of the molecule is CCOCCOC(=O)OCCOCCOC(=O)OCCOCC. The lowest BCUT2D eigenvalue weighted by Gasteiger charge is -2.08. The molecule has 0 spiro atoms. The minimum absolute atomic E-state index is 0.0479. The fraction of sp³-hybridized carbons (Fsp3) is 0.857. The van der Waals surface area contributed by atoms with Crippen molar-refractivity contribution in [1.82, 2.24) is 0 Å². The highest BCUT2D eigenvalue weighted by atomic mass is 16.7. The molecule has 0 aromatic carbocycles. The maximum atomic E-state index is 11.1. The lowest BCUT2D eigenvalue weighted by molar-refractivity contribution is -0.00421. The minimum Gasteiger partial charge on any atom is -0.432 e. The summed E-state index contributed by atoms with van der Waals surface area (Å²) in [6.07, 6.45) is -1.55. The monoisotopic (exact) mass is 338 g/mol. The molecule has 23 heavy (non-hydrogen) atoms. The third kappa shape index (κ3) is 16.6. The molecule has 9 nitrogen and oxygen atoms in total. The van der Waals surface area contributed by atoms with Gasteiger partial charge < -0.3 is 33.2 Å². The summed E-state index contributed by atoms with van der Waals surface area (Å²) in [5.41, 5.74) is 0. The van der Waals surface area contributed by atoms with Crippen LogP contribution in [0.1, 0.15) is 13.8 Å². The summed E-state index contributed by atoms with van der Waals surface area (Å²) < 4.78 is 34.0. The second-order valence-corrected chi connectivity index (χ2v) is 3.90. The Labute approximate surface area is 136 Å². The van der Waals surface area contributed by atoms with Crippen molar-refractivity contribution in [1.29, 1.82) is 0 Å². The van der Waals surface area contributed by atoms with E-state index in [1.54, 1.807) is 0 Å². The topological polar surface area (TPSA) is 98.8 Å². The predicted molar refractivity (Wildman–Crippen MR) is 78.4 cm³/mol. The molecule has 0 aromatic rings. The Morgan fingerprint density at radius 2 is 0.826 bits per heavy atom. The second-order valence-electron chi connectivity index (χ2n) is 3.90. The summed E-state index contributed by atoms with van der Waals surface area (Å²) >= 11 is 0. The number of hydrogen-bond donors (Lipinski definition) is 0. The summed E-state index contributed by atoms with van der Waals surface area (Å²) in [7, 11) is 0. The molecule has 0 amide bonds. The molecular weight excluding hydrogens is 312 g/mol. The van der Waals surface area contributed by atoms with Gasteiger partial charge in [0.05, 0.1) is 26.4 Å². The second kappa shape index (κ2) is 16.8. The fourth-order valence-electron chi connectivity index (χ4n) is 1.21. The van der Waals surface area contributed by atoms with Gasteiger partial charge in [0.25, 0.3) is 0 Å². The first kappa shape index (κ1) is 21.4. The summed E-state index contributed by atoms with van der Waals surface area (Å²) in [4.78, 5) is 22.2. The number of ether oxygens (including phenoxy) is 7. The Bertz CT molecular complexity index is 268. The molecule has 0 aliphatic heterocycles. The molecule has 0 radical (unpaired) electrons. The van der Waals surface area contributed by atoms with Gasteiger partial charge in [-0.05, 0) is 13.8 Å². The van der Waals surface area contributed by atoms with Crippen molar-refractivity contribution in [3.05, 3.63) is 0 Å². The molecule has 136 valence electrons. The van der Waals surface area contributed by atoms with Gasteiger partial charge in [-0.25, -0.2) is 9.59 Å². The Balaban J connectivity index is 3.26. The molecule has 0 fully saturated rings. The van der Waals surface area contributed by atoms with Crippen molar-refractivity contribution >= 4 is 12.3 Å². The Hall–Kier alpha value is -1.58. The number of hydrogen-bond acceptors (Lipinski definition) is 9. The maximum Gasteiger partial charge on any atom is 0.508 e. The molecule has 9 heteroatoms. The van der Waals surface area contributed by atoms with Crippen LogP contribution in [-0.2, 0) is 33.2 Å². The standard InChI is InChI=1S/C14H26O9/c1-3-17-5-9-20-13(15)22-11-7-19-8-12-23-14(16)21-10-6-18-4-2/h3-12H2,1-2H3. The molecule has 0 saturated carbocycles. The van der Waals surface area contributed by atoms with Crippen LogP contribution in [-0.4, -0.2) is 78.4 Å². The van der Waals surface area contributed by atoms with Crippen LogP contribution in [0.4, 0.5) is 9.59 Å². The molecule has 0 atom stereocenters. The van der Waals surface area contributed by atoms with Gasteiger partial charge in [0.15, 0.2) is 0 Å². The first-order valence-electron chi connectivity index (χ1n) is 7.53. The smallest absolute Gasteiger partial charge is 0.432 e. The van der Waals surface area contributed by atoms with Crippen molar-refractivity contribution < 1.29 is 42.7 Å². The van der Waals surface area contributed by atoms with Crippen LogP contribution in [0.5, 0.6) is 0 Å². The minimum atomic E-state index is -0.776.